The predicted octanol–water partition coefficient (Wildman–Crippen LogP) is 4.28. The first-order valence-corrected chi connectivity index (χ1v) is 7.95. The van der Waals surface area contributed by atoms with Gasteiger partial charge in [0.1, 0.15) is 23.9 Å². The van der Waals surface area contributed by atoms with E-state index in [1.54, 1.807) is 56.7 Å². The van der Waals surface area contributed by atoms with Crippen molar-refractivity contribution in [2.24, 2.45) is 0 Å². The summed E-state index contributed by atoms with van der Waals surface area (Å²) in [5.74, 6) is 1.55. The molecule has 1 amide bonds. The molecule has 0 atom stereocenters. The number of amides is 1. The summed E-state index contributed by atoms with van der Waals surface area (Å²) in [7, 11) is 3.10. The van der Waals surface area contributed by atoms with E-state index in [1.165, 1.54) is 0 Å². The van der Waals surface area contributed by atoms with Crippen molar-refractivity contribution in [2.45, 2.75) is 0 Å². The molecule has 0 saturated carbocycles. The van der Waals surface area contributed by atoms with Crippen molar-refractivity contribution < 1.29 is 19.0 Å². The average Bonchev–Trinajstić information content (AvgIpc) is 2.60. The van der Waals surface area contributed by atoms with Gasteiger partial charge in [-0.15, -0.1) is 0 Å². The third kappa shape index (κ3) is 4.29. The number of benzene rings is 2. The Hall–Kier alpha value is -2.47. The third-order valence-electron chi connectivity index (χ3n) is 3.21. The Kier molecular flexibility index (Phi) is 6.26. The Morgan fingerprint density at radius 1 is 1.17 bits per heavy atom. The maximum Gasteiger partial charge on any atom is 0.255 e. The van der Waals surface area contributed by atoms with Gasteiger partial charge in [-0.1, -0.05) is 12.7 Å². The highest BCUT2D eigenvalue weighted by Gasteiger charge is 2.13. The highest BCUT2D eigenvalue weighted by molar-refractivity contribution is 9.10. The van der Waals surface area contributed by atoms with Crippen LogP contribution in [0.4, 0.5) is 5.69 Å². The van der Waals surface area contributed by atoms with E-state index in [0.29, 0.717) is 39.6 Å². The minimum atomic E-state index is -0.266. The monoisotopic (exact) mass is 391 g/mol. The molecule has 0 aliphatic rings. The van der Waals surface area contributed by atoms with Gasteiger partial charge in [0.05, 0.1) is 24.4 Å². The van der Waals surface area contributed by atoms with Crippen LogP contribution in [0.25, 0.3) is 0 Å². The van der Waals surface area contributed by atoms with Crippen LogP contribution in [0.2, 0.25) is 0 Å². The number of carbonyl (C=O) groups excluding carboxylic acids is 1. The second-order valence-electron chi connectivity index (χ2n) is 4.77. The van der Waals surface area contributed by atoms with Gasteiger partial charge in [0, 0.05) is 11.6 Å². The van der Waals surface area contributed by atoms with Crippen molar-refractivity contribution in [2.75, 3.05) is 26.1 Å². The van der Waals surface area contributed by atoms with Gasteiger partial charge in [0.15, 0.2) is 0 Å². The number of ether oxygens (including phenoxy) is 3. The lowest BCUT2D eigenvalue weighted by molar-refractivity contribution is 0.102. The lowest BCUT2D eigenvalue weighted by atomic mass is 10.2. The molecule has 0 unspecified atom stereocenters. The molecule has 0 radical (unpaired) electrons. The summed E-state index contributed by atoms with van der Waals surface area (Å²) in [5, 5.41) is 2.82. The Bertz CT molecular complexity index is 746. The van der Waals surface area contributed by atoms with Crippen molar-refractivity contribution in [3.05, 3.63) is 59.1 Å². The van der Waals surface area contributed by atoms with E-state index in [-0.39, 0.29) is 5.91 Å². The highest BCUT2D eigenvalue weighted by atomic mass is 79.9. The molecular formula is C18H18BrNO4. The molecule has 0 aromatic heterocycles. The number of hydrogen-bond donors (Lipinski definition) is 1. The van der Waals surface area contributed by atoms with Gasteiger partial charge in [0.25, 0.3) is 5.91 Å². The first-order valence-electron chi connectivity index (χ1n) is 7.15. The van der Waals surface area contributed by atoms with E-state index in [0.717, 1.165) is 0 Å². The van der Waals surface area contributed by atoms with Gasteiger partial charge in [0.2, 0.25) is 0 Å². The Morgan fingerprint density at radius 2 is 1.92 bits per heavy atom. The smallest absolute Gasteiger partial charge is 0.255 e. The van der Waals surface area contributed by atoms with Gasteiger partial charge in [-0.3, -0.25) is 4.79 Å². The second kappa shape index (κ2) is 8.40. The summed E-state index contributed by atoms with van der Waals surface area (Å²) >= 11 is 3.40. The lowest BCUT2D eigenvalue weighted by Crippen LogP contribution is -2.13. The summed E-state index contributed by atoms with van der Waals surface area (Å²) in [6.07, 6.45) is 1.65. The summed E-state index contributed by atoms with van der Waals surface area (Å²) < 4.78 is 16.6. The van der Waals surface area contributed by atoms with Crippen LogP contribution >= 0.6 is 15.9 Å². The lowest BCUT2D eigenvalue weighted by Gasteiger charge is -2.12. The summed E-state index contributed by atoms with van der Waals surface area (Å²) in [5.41, 5.74) is 1.02. The molecule has 24 heavy (non-hydrogen) atoms. The van der Waals surface area contributed by atoms with Crippen LogP contribution in [-0.2, 0) is 0 Å². The molecule has 126 valence electrons. The zero-order valence-corrected chi connectivity index (χ0v) is 15.1. The molecule has 0 aliphatic heterocycles. The molecule has 0 heterocycles. The Labute approximate surface area is 149 Å². The number of halogens is 1. The minimum absolute atomic E-state index is 0.266. The van der Waals surface area contributed by atoms with Gasteiger partial charge >= 0.3 is 0 Å². The zero-order valence-electron chi connectivity index (χ0n) is 13.5. The first kappa shape index (κ1) is 17.9. The molecule has 0 saturated heterocycles. The van der Waals surface area contributed by atoms with E-state index >= 15 is 0 Å². The van der Waals surface area contributed by atoms with E-state index in [2.05, 4.69) is 27.8 Å². The molecular weight excluding hydrogens is 374 g/mol. The standard InChI is InChI=1S/C18H18BrNO4/c1-4-9-24-16-7-5-12(10-14(16)19)18(21)20-15-11-13(22-2)6-8-17(15)23-3/h4-8,10-11H,1,9H2,2-3H3,(H,20,21). The summed E-state index contributed by atoms with van der Waals surface area (Å²) in [6.45, 7) is 4.00. The molecule has 0 spiro atoms. The summed E-state index contributed by atoms with van der Waals surface area (Å²) in [4.78, 5) is 12.5. The van der Waals surface area contributed by atoms with Gasteiger partial charge in [-0.05, 0) is 46.3 Å². The van der Waals surface area contributed by atoms with Crippen LogP contribution in [0, 0.1) is 0 Å². The zero-order chi connectivity index (χ0) is 17.5. The van der Waals surface area contributed by atoms with Crippen LogP contribution in [0.3, 0.4) is 0 Å². The predicted molar refractivity (Wildman–Crippen MR) is 97.3 cm³/mol. The number of hydrogen-bond acceptors (Lipinski definition) is 4. The molecule has 2 aromatic rings. The second-order valence-corrected chi connectivity index (χ2v) is 5.62. The van der Waals surface area contributed by atoms with E-state index < -0.39 is 0 Å². The first-order chi connectivity index (χ1) is 11.6. The Balaban J connectivity index is 2.20. The third-order valence-corrected chi connectivity index (χ3v) is 3.83. The van der Waals surface area contributed by atoms with Gasteiger partial charge in [-0.25, -0.2) is 0 Å². The number of anilines is 1. The fourth-order valence-electron chi connectivity index (χ4n) is 2.01. The quantitative estimate of drug-likeness (QED) is 0.715. The van der Waals surface area contributed by atoms with Crippen LogP contribution in [0.15, 0.2) is 53.5 Å². The molecule has 0 bridgehead atoms. The van der Waals surface area contributed by atoms with Crippen molar-refractivity contribution in [3.8, 4) is 17.2 Å². The Morgan fingerprint density at radius 3 is 2.54 bits per heavy atom. The highest BCUT2D eigenvalue weighted by Crippen LogP contribution is 2.30. The van der Waals surface area contributed by atoms with E-state index in [9.17, 15) is 4.79 Å². The van der Waals surface area contributed by atoms with Gasteiger partial charge < -0.3 is 19.5 Å². The average molecular weight is 392 g/mol. The molecule has 5 nitrogen and oxygen atoms in total. The van der Waals surface area contributed by atoms with Crippen LogP contribution in [0.1, 0.15) is 10.4 Å². The maximum absolute atomic E-state index is 12.5. The van der Waals surface area contributed by atoms with Crippen molar-refractivity contribution in [1.82, 2.24) is 0 Å². The normalized spacial score (nSPS) is 9.96. The summed E-state index contributed by atoms with van der Waals surface area (Å²) in [6, 6.07) is 10.3. The molecule has 1 N–H and O–H groups in total. The van der Waals surface area contributed by atoms with E-state index in [4.69, 9.17) is 14.2 Å². The number of rotatable bonds is 7. The molecule has 0 fully saturated rings. The van der Waals surface area contributed by atoms with Crippen molar-refractivity contribution in [1.29, 1.82) is 0 Å². The minimum Gasteiger partial charge on any atom is -0.497 e. The number of methoxy groups -OCH3 is 2. The molecule has 0 aliphatic carbocycles. The largest absolute Gasteiger partial charge is 0.497 e. The maximum atomic E-state index is 12.5. The molecule has 6 heteroatoms. The number of carbonyl (C=O) groups is 1. The van der Waals surface area contributed by atoms with Crippen molar-refractivity contribution >= 4 is 27.5 Å². The molecule has 2 aromatic carbocycles. The van der Waals surface area contributed by atoms with Crippen molar-refractivity contribution in [3.63, 3.8) is 0 Å². The number of nitrogens with one attached hydrogen (secondary N) is 1. The van der Waals surface area contributed by atoms with Crippen LogP contribution in [-0.4, -0.2) is 26.7 Å². The molecule has 2 rings (SSSR count). The van der Waals surface area contributed by atoms with Crippen LogP contribution < -0.4 is 19.5 Å². The fraction of sp³-hybridized carbons (Fsp3) is 0.167. The SMILES string of the molecule is C=CCOc1ccc(C(=O)Nc2cc(OC)ccc2OC)cc1Br. The van der Waals surface area contributed by atoms with E-state index in [1.807, 2.05) is 0 Å². The fourth-order valence-corrected chi connectivity index (χ4v) is 2.51. The van der Waals surface area contributed by atoms with Crippen LogP contribution in [0.5, 0.6) is 17.2 Å². The van der Waals surface area contributed by atoms with Gasteiger partial charge in [-0.2, -0.15) is 0 Å². The topological polar surface area (TPSA) is 56.8 Å².